The normalized spacial score (nSPS) is 18.6. The predicted octanol–water partition coefficient (Wildman–Crippen LogP) is 14.0. The fourth-order valence-electron chi connectivity index (χ4n) is 15.6. The van der Waals surface area contributed by atoms with Gasteiger partial charge in [0.15, 0.2) is 0 Å². The van der Waals surface area contributed by atoms with Crippen LogP contribution < -0.4 is 0 Å². The van der Waals surface area contributed by atoms with E-state index in [-0.39, 0.29) is 23.7 Å². The SMILES string of the molecule is OC(c1ccccc1)(c1ccccc1)[C@@H]1Cc2cc3c(c(-c4c5c(cc6c4C[C@@H](C(O)(c4ccccc4)c4ccccc4)C6)C[C@@H](C(O)(c4ccccc4)c4ccccc4)C5)c2C1)C[C@@H](C(O)(c1ccccc1)c1ccccc1)C3. The molecule has 0 fully saturated rings. The van der Waals surface area contributed by atoms with Gasteiger partial charge < -0.3 is 20.4 Å². The van der Waals surface area contributed by atoms with E-state index in [1.54, 1.807) is 0 Å². The van der Waals surface area contributed by atoms with Crippen LogP contribution in [0, 0.1) is 23.7 Å². The van der Waals surface area contributed by atoms with Crippen LogP contribution >= 0.6 is 0 Å². The Labute approximate surface area is 470 Å². The molecule has 4 nitrogen and oxygen atoms in total. The van der Waals surface area contributed by atoms with Crippen LogP contribution in [-0.4, -0.2) is 20.4 Å². The van der Waals surface area contributed by atoms with Gasteiger partial charge in [-0.1, -0.05) is 255 Å². The van der Waals surface area contributed by atoms with E-state index in [1.807, 2.05) is 146 Å². The second-order valence-electron chi connectivity index (χ2n) is 23.5. The van der Waals surface area contributed by atoms with Gasteiger partial charge in [0.1, 0.15) is 22.4 Å². The van der Waals surface area contributed by atoms with Crippen LogP contribution in [0.5, 0.6) is 0 Å². The summed E-state index contributed by atoms with van der Waals surface area (Å²) in [6.45, 7) is 0. The van der Waals surface area contributed by atoms with E-state index in [0.29, 0.717) is 51.4 Å². The van der Waals surface area contributed by atoms with Gasteiger partial charge in [0.2, 0.25) is 0 Å². The Morgan fingerprint density at radius 3 is 0.512 bits per heavy atom. The average molecular weight is 1040 g/mol. The van der Waals surface area contributed by atoms with Gasteiger partial charge in [0, 0.05) is 23.7 Å². The van der Waals surface area contributed by atoms with Crippen LogP contribution in [0.2, 0.25) is 0 Å². The topological polar surface area (TPSA) is 80.9 Å². The largest absolute Gasteiger partial charge is 0.380 e. The summed E-state index contributed by atoms with van der Waals surface area (Å²) < 4.78 is 0. The molecule has 0 aliphatic heterocycles. The smallest absolute Gasteiger partial charge is 0.118 e. The lowest BCUT2D eigenvalue weighted by Crippen LogP contribution is -2.37. The molecule has 14 rings (SSSR count). The van der Waals surface area contributed by atoms with Crippen LogP contribution in [0.3, 0.4) is 0 Å². The Morgan fingerprint density at radius 2 is 0.362 bits per heavy atom. The van der Waals surface area contributed by atoms with E-state index in [0.717, 1.165) is 44.5 Å². The summed E-state index contributed by atoms with van der Waals surface area (Å²) >= 11 is 0. The van der Waals surface area contributed by atoms with Crippen LogP contribution in [0.4, 0.5) is 0 Å². The molecule has 0 aromatic heterocycles. The van der Waals surface area contributed by atoms with Crippen molar-refractivity contribution >= 4 is 0 Å². The number of fused-ring (bicyclic) bond motifs is 4. The quantitative estimate of drug-likeness (QED) is 0.0928. The molecule has 4 N–H and O–H groups in total. The molecule has 80 heavy (non-hydrogen) atoms. The van der Waals surface area contributed by atoms with Crippen molar-refractivity contribution in [3.8, 4) is 11.1 Å². The van der Waals surface area contributed by atoms with E-state index < -0.39 is 22.4 Å². The number of hydrogen-bond acceptors (Lipinski definition) is 4. The van der Waals surface area contributed by atoms with Gasteiger partial charge in [-0.05, 0) is 152 Å². The molecule has 0 bridgehead atoms. The summed E-state index contributed by atoms with van der Waals surface area (Å²) in [6, 6.07) is 86.9. The standard InChI is InChI=1S/C76H66O4/c77-73(55-25-9-1-10-26-55,56-27-11-2-12-28-56)63-43-51-41-52-44-64(74(78,57-29-13-3-14-30-57)58-31-15-4-16-32-58)48-68(52)71(67(51)47-63)72-69-49-65(75(79,59-33-17-5-18-34-59)60-35-19-6-20-36-60)45-53(69)42-54-46-66(50-70(54)72)76(80,61-37-21-7-22-38-61)62-39-23-8-24-40-62/h1-42,63-66,77-80H,43-50H2/t63-,64+,65-,66+. The summed E-state index contributed by atoms with van der Waals surface area (Å²) in [5.41, 5.74) is 14.3. The van der Waals surface area contributed by atoms with Crippen molar-refractivity contribution in [2.75, 3.05) is 0 Å². The molecule has 394 valence electrons. The third-order valence-electron chi connectivity index (χ3n) is 19.4. The molecule has 4 aliphatic rings. The molecule has 0 spiro atoms. The minimum absolute atomic E-state index is 0.197. The van der Waals surface area contributed by atoms with Crippen LogP contribution in [-0.2, 0) is 73.8 Å². The molecule has 10 aromatic rings. The second kappa shape index (κ2) is 20.0. The lowest BCUT2D eigenvalue weighted by Gasteiger charge is -2.36. The van der Waals surface area contributed by atoms with Gasteiger partial charge in [0.25, 0.3) is 0 Å². The Hall–Kier alpha value is -7.96. The van der Waals surface area contributed by atoms with Crippen molar-refractivity contribution < 1.29 is 20.4 Å². The first-order chi connectivity index (χ1) is 39.2. The van der Waals surface area contributed by atoms with Gasteiger partial charge in [-0.15, -0.1) is 0 Å². The van der Waals surface area contributed by atoms with Gasteiger partial charge in [-0.25, -0.2) is 0 Å². The molecule has 10 aromatic carbocycles. The first-order valence-electron chi connectivity index (χ1n) is 28.8. The third-order valence-corrected chi connectivity index (χ3v) is 19.4. The minimum atomic E-state index is -1.30. The fourth-order valence-corrected chi connectivity index (χ4v) is 15.6. The second-order valence-corrected chi connectivity index (χ2v) is 23.5. The van der Waals surface area contributed by atoms with Gasteiger partial charge >= 0.3 is 0 Å². The Balaban J connectivity index is 1.01. The van der Waals surface area contributed by atoms with Crippen molar-refractivity contribution in [3.05, 3.63) is 344 Å². The molecular weight excluding hydrogens is 977 g/mol. The van der Waals surface area contributed by atoms with E-state index in [2.05, 4.69) is 109 Å². The van der Waals surface area contributed by atoms with E-state index >= 15 is 0 Å². The van der Waals surface area contributed by atoms with E-state index in [1.165, 1.54) is 55.6 Å². The van der Waals surface area contributed by atoms with Gasteiger partial charge in [-0.3, -0.25) is 0 Å². The van der Waals surface area contributed by atoms with E-state index in [9.17, 15) is 20.4 Å². The summed E-state index contributed by atoms with van der Waals surface area (Å²) in [5, 5.41) is 54.8. The van der Waals surface area contributed by atoms with Crippen molar-refractivity contribution in [2.45, 2.75) is 73.8 Å². The maximum atomic E-state index is 13.7. The summed E-state index contributed by atoms with van der Waals surface area (Å²) in [7, 11) is 0. The molecule has 4 heteroatoms. The molecule has 0 heterocycles. The molecule has 0 radical (unpaired) electrons. The van der Waals surface area contributed by atoms with Crippen LogP contribution in [0.25, 0.3) is 11.1 Å². The van der Waals surface area contributed by atoms with Gasteiger partial charge in [-0.2, -0.15) is 0 Å². The number of benzene rings is 10. The number of aliphatic hydroxyl groups is 4. The maximum absolute atomic E-state index is 13.7. The highest BCUT2D eigenvalue weighted by molar-refractivity contribution is 5.84. The molecule has 0 unspecified atom stereocenters. The highest BCUT2D eigenvalue weighted by Crippen LogP contribution is 2.58. The summed E-state index contributed by atoms with van der Waals surface area (Å²) in [6.07, 6.45) is 5.17. The Morgan fingerprint density at radius 1 is 0.212 bits per heavy atom. The van der Waals surface area contributed by atoms with Crippen LogP contribution in [0.15, 0.2) is 255 Å². The molecule has 0 saturated carbocycles. The zero-order chi connectivity index (χ0) is 54.1. The highest BCUT2D eigenvalue weighted by Gasteiger charge is 2.51. The lowest BCUT2D eigenvalue weighted by atomic mass is 9.73. The van der Waals surface area contributed by atoms with Gasteiger partial charge in [0.05, 0.1) is 0 Å². The molecule has 0 saturated heterocycles. The van der Waals surface area contributed by atoms with Crippen molar-refractivity contribution in [1.82, 2.24) is 0 Å². The Kier molecular flexibility index (Phi) is 12.6. The molecule has 4 aliphatic carbocycles. The minimum Gasteiger partial charge on any atom is -0.380 e. The lowest BCUT2D eigenvalue weighted by molar-refractivity contribution is 0.0194. The zero-order valence-electron chi connectivity index (χ0n) is 45.0. The zero-order valence-corrected chi connectivity index (χ0v) is 45.0. The third kappa shape index (κ3) is 8.02. The van der Waals surface area contributed by atoms with Crippen molar-refractivity contribution in [2.24, 2.45) is 23.7 Å². The fraction of sp³-hybridized carbons (Fsp3) is 0.211. The van der Waals surface area contributed by atoms with E-state index in [4.69, 9.17) is 0 Å². The predicted molar refractivity (Wildman–Crippen MR) is 319 cm³/mol. The molecular formula is C76H66O4. The first kappa shape index (κ1) is 50.3. The summed E-state index contributed by atoms with van der Waals surface area (Å²) in [4.78, 5) is 0. The Bertz CT molecular complexity index is 3170. The van der Waals surface area contributed by atoms with Crippen molar-refractivity contribution in [1.29, 1.82) is 0 Å². The number of hydrogen-bond donors (Lipinski definition) is 4. The molecule has 4 atom stereocenters. The monoisotopic (exact) mass is 1040 g/mol. The van der Waals surface area contributed by atoms with Crippen molar-refractivity contribution in [3.63, 3.8) is 0 Å². The average Bonchev–Trinajstić information content (AvgIpc) is 4.54. The first-order valence-corrected chi connectivity index (χ1v) is 28.8. The van der Waals surface area contributed by atoms with Crippen LogP contribution in [0.1, 0.15) is 89.0 Å². The highest BCUT2D eigenvalue weighted by atomic mass is 16.3. The number of rotatable bonds is 13. The summed E-state index contributed by atoms with van der Waals surface area (Å²) in [5.74, 6) is -0.786. The molecule has 0 amide bonds. The maximum Gasteiger partial charge on any atom is 0.118 e.